The number of imidazole rings is 1. The highest BCUT2D eigenvalue weighted by molar-refractivity contribution is 5.52. The van der Waals surface area contributed by atoms with Gasteiger partial charge >= 0.3 is 0 Å². The molecule has 0 fully saturated rings. The van der Waals surface area contributed by atoms with Crippen molar-refractivity contribution in [1.29, 1.82) is 0 Å². The Morgan fingerprint density at radius 3 is 3.14 bits per heavy atom. The third kappa shape index (κ3) is 1.26. The van der Waals surface area contributed by atoms with Gasteiger partial charge in [-0.05, 0) is 19.1 Å². The zero-order valence-corrected chi connectivity index (χ0v) is 7.88. The molecule has 2 heterocycles. The predicted octanol–water partition coefficient (Wildman–Crippen LogP) is 0.0298. The molecular weight excluding hydrogens is 180 g/mol. The molecule has 74 valence electrons. The monoisotopic (exact) mass is 192 g/mol. The van der Waals surface area contributed by atoms with Crippen molar-refractivity contribution in [3.8, 4) is 0 Å². The summed E-state index contributed by atoms with van der Waals surface area (Å²) in [6.07, 6.45) is 0.961. The summed E-state index contributed by atoms with van der Waals surface area (Å²) < 4.78 is 1.69. The molecule has 0 saturated carbocycles. The first kappa shape index (κ1) is 9.11. The summed E-state index contributed by atoms with van der Waals surface area (Å²) in [6.45, 7) is 2.01. The molecule has 5 heteroatoms. The number of nitrogens with zero attached hydrogens (tertiary/aromatic N) is 3. The molecule has 1 unspecified atom stereocenters. The molecule has 2 aromatic heterocycles. The topological polar surface area (TPSA) is 76.4 Å². The highest BCUT2D eigenvalue weighted by Crippen LogP contribution is 2.17. The van der Waals surface area contributed by atoms with Crippen molar-refractivity contribution in [3.63, 3.8) is 0 Å². The first-order valence-corrected chi connectivity index (χ1v) is 4.42. The van der Waals surface area contributed by atoms with Gasteiger partial charge < -0.3 is 10.8 Å². The Labute approximate surface area is 81.2 Å². The number of fused-ring (bicyclic) bond motifs is 1. The Balaban J connectivity index is 2.66. The summed E-state index contributed by atoms with van der Waals surface area (Å²) in [7, 11) is 0. The second kappa shape index (κ2) is 3.36. The standard InChI is InChI=1S/C9H12N4O/c1-6-12-9(8(14)5-10)7-3-2-4-11-13(6)7/h2-4,8,14H,5,10H2,1H3. The van der Waals surface area contributed by atoms with Gasteiger partial charge in [0.05, 0.1) is 11.2 Å². The molecule has 0 radical (unpaired) electrons. The number of hydrogen-bond acceptors (Lipinski definition) is 4. The van der Waals surface area contributed by atoms with Crippen molar-refractivity contribution in [2.45, 2.75) is 13.0 Å². The Hall–Kier alpha value is -1.46. The summed E-state index contributed by atoms with van der Waals surface area (Å²) in [4.78, 5) is 4.23. The van der Waals surface area contributed by atoms with E-state index in [1.807, 2.05) is 19.1 Å². The fourth-order valence-electron chi connectivity index (χ4n) is 1.46. The van der Waals surface area contributed by atoms with Crippen LogP contribution in [0.5, 0.6) is 0 Å². The molecule has 0 saturated heterocycles. The fourth-order valence-corrected chi connectivity index (χ4v) is 1.46. The minimum absolute atomic E-state index is 0.168. The second-order valence-electron chi connectivity index (χ2n) is 3.12. The van der Waals surface area contributed by atoms with Crippen LogP contribution in [0.15, 0.2) is 18.3 Å². The molecule has 0 bridgehead atoms. The molecule has 0 aliphatic heterocycles. The van der Waals surface area contributed by atoms with Crippen molar-refractivity contribution >= 4 is 5.52 Å². The van der Waals surface area contributed by atoms with Crippen LogP contribution in [0.4, 0.5) is 0 Å². The molecule has 0 amide bonds. The normalized spacial score (nSPS) is 13.4. The van der Waals surface area contributed by atoms with E-state index >= 15 is 0 Å². The summed E-state index contributed by atoms with van der Waals surface area (Å²) in [6, 6.07) is 3.67. The Morgan fingerprint density at radius 2 is 2.43 bits per heavy atom. The van der Waals surface area contributed by atoms with E-state index < -0.39 is 6.10 Å². The first-order chi connectivity index (χ1) is 6.74. The van der Waals surface area contributed by atoms with E-state index in [9.17, 15) is 5.11 Å². The van der Waals surface area contributed by atoms with Gasteiger partial charge in [-0.3, -0.25) is 0 Å². The van der Waals surface area contributed by atoms with Crippen molar-refractivity contribution < 1.29 is 5.11 Å². The lowest BCUT2D eigenvalue weighted by atomic mass is 10.2. The minimum atomic E-state index is -0.720. The average molecular weight is 192 g/mol. The van der Waals surface area contributed by atoms with Crippen molar-refractivity contribution in [3.05, 3.63) is 29.8 Å². The first-order valence-electron chi connectivity index (χ1n) is 4.42. The number of aromatic nitrogens is 3. The summed E-state index contributed by atoms with van der Waals surface area (Å²) in [5.74, 6) is 0.753. The van der Waals surface area contributed by atoms with Gasteiger partial charge in [-0.15, -0.1) is 0 Å². The maximum Gasteiger partial charge on any atom is 0.127 e. The van der Waals surface area contributed by atoms with Crippen LogP contribution in [0, 0.1) is 6.92 Å². The van der Waals surface area contributed by atoms with E-state index in [1.54, 1.807) is 10.7 Å². The van der Waals surface area contributed by atoms with E-state index in [2.05, 4.69) is 10.1 Å². The average Bonchev–Trinajstić information content (AvgIpc) is 2.56. The number of aliphatic hydroxyl groups is 1. The third-order valence-electron chi connectivity index (χ3n) is 2.14. The molecule has 0 aliphatic rings. The number of rotatable bonds is 2. The predicted molar refractivity (Wildman–Crippen MR) is 51.7 cm³/mol. The van der Waals surface area contributed by atoms with Crippen LogP contribution >= 0.6 is 0 Å². The van der Waals surface area contributed by atoms with Gasteiger partial charge in [0, 0.05) is 12.7 Å². The molecule has 0 spiro atoms. The SMILES string of the molecule is Cc1nc(C(O)CN)c2cccnn12. The lowest BCUT2D eigenvalue weighted by Crippen LogP contribution is -2.12. The molecule has 1 atom stereocenters. The summed E-state index contributed by atoms with van der Waals surface area (Å²) in [5, 5.41) is 13.7. The lowest BCUT2D eigenvalue weighted by molar-refractivity contribution is 0.184. The zero-order chi connectivity index (χ0) is 10.1. The van der Waals surface area contributed by atoms with E-state index in [1.165, 1.54) is 0 Å². The smallest absolute Gasteiger partial charge is 0.127 e. The molecular formula is C9H12N4O. The maximum atomic E-state index is 9.61. The molecule has 3 N–H and O–H groups in total. The van der Waals surface area contributed by atoms with E-state index in [0.29, 0.717) is 5.69 Å². The van der Waals surface area contributed by atoms with Gasteiger partial charge in [-0.25, -0.2) is 9.50 Å². The second-order valence-corrected chi connectivity index (χ2v) is 3.12. The molecule has 2 aromatic rings. The number of nitrogens with two attached hydrogens (primary N) is 1. The Morgan fingerprint density at radius 1 is 1.64 bits per heavy atom. The largest absolute Gasteiger partial charge is 0.385 e. The van der Waals surface area contributed by atoms with Crippen LogP contribution in [-0.2, 0) is 0 Å². The van der Waals surface area contributed by atoms with Crippen molar-refractivity contribution in [2.75, 3.05) is 6.54 Å². The molecule has 14 heavy (non-hydrogen) atoms. The highest BCUT2D eigenvalue weighted by Gasteiger charge is 2.14. The van der Waals surface area contributed by atoms with Gasteiger partial charge in [0.25, 0.3) is 0 Å². The van der Waals surface area contributed by atoms with Crippen LogP contribution in [0.2, 0.25) is 0 Å². The van der Waals surface area contributed by atoms with Crippen LogP contribution in [0.1, 0.15) is 17.6 Å². The van der Waals surface area contributed by atoms with Crippen LogP contribution < -0.4 is 5.73 Å². The van der Waals surface area contributed by atoms with Crippen LogP contribution in [-0.4, -0.2) is 26.2 Å². The van der Waals surface area contributed by atoms with Gasteiger partial charge in [-0.2, -0.15) is 5.10 Å². The van der Waals surface area contributed by atoms with Gasteiger partial charge in [-0.1, -0.05) is 0 Å². The minimum Gasteiger partial charge on any atom is -0.385 e. The van der Waals surface area contributed by atoms with E-state index in [4.69, 9.17) is 5.73 Å². The highest BCUT2D eigenvalue weighted by atomic mass is 16.3. The lowest BCUT2D eigenvalue weighted by Gasteiger charge is -2.03. The van der Waals surface area contributed by atoms with Crippen molar-refractivity contribution in [1.82, 2.24) is 14.6 Å². The maximum absolute atomic E-state index is 9.61. The third-order valence-corrected chi connectivity index (χ3v) is 2.14. The van der Waals surface area contributed by atoms with E-state index in [0.717, 1.165) is 11.3 Å². The van der Waals surface area contributed by atoms with Gasteiger partial charge in [0.2, 0.25) is 0 Å². The van der Waals surface area contributed by atoms with E-state index in [-0.39, 0.29) is 6.54 Å². The Bertz CT molecular complexity index is 451. The Kier molecular flexibility index (Phi) is 2.18. The number of aliphatic hydroxyl groups excluding tert-OH is 1. The molecule has 0 aromatic carbocycles. The van der Waals surface area contributed by atoms with Gasteiger partial charge in [0.15, 0.2) is 0 Å². The molecule has 5 nitrogen and oxygen atoms in total. The van der Waals surface area contributed by atoms with Crippen molar-refractivity contribution in [2.24, 2.45) is 5.73 Å². The van der Waals surface area contributed by atoms with Crippen LogP contribution in [0.25, 0.3) is 5.52 Å². The van der Waals surface area contributed by atoms with Crippen LogP contribution in [0.3, 0.4) is 0 Å². The number of hydrogen-bond donors (Lipinski definition) is 2. The number of aryl methyl sites for hydroxylation is 1. The van der Waals surface area contributed by atoms with Gasteiger partial charge in [0.1, 0.15) is 11.9 Å². The summed E-state index contributed by atoms with van der Waals surface area (Å²) >= 11 is 0. The molecule has 2 rings (SSSR count). The molecule has 0 aliphatic carbocycles. The zero-order valence-electron chi connectivity index (χ0n) is 7.88. The quantitative estimate of drug-likeness (QED) is 0.703. The summed E-state index contributed by atoms with van der Waals surface area (Å²) in [5.41, 5.74) is 6.79. The fraction of sp³-hybridized carbons (Fsp3) is 0.333.